The van der Waals surface area contributed by atoms with Crippen molar-refractivity contribution < 1.29 is 4.39 Å². The maximum absolute atomic E-state index is 13.1. The van der Waals surface area contributed by atoms with E-state index in [1.807, 2.05) is 23.5 Å². The van der Waals surface area contributed by atoms with Crippen LogP contribution in [0, 0.1) is 5.82 Å². The van der Waals surface area contributed by atoms with Gasteiger partial charge in [-0.25, -0.2) is 0 Å². The van der Waals surface area contributed by atoms with Crippen molar-refractivity contribution in [3.63, 3.8) is 0 Å². The zero-order chi connectivity index (χ0) is 14.9. The van der Waals surface area contributed by atoms with Crippen LogP contribution in [0.1, 0.15) is 0 Å². The Morgan fingerprint density at radius 2 is 1.68 bits per heavy atom. The van der Waals surface area contributed by atoms with E-state index in [1.165, 1.54) is 27.9 Å². The summed E-state index contributed by atoms with van der Waals surface area (Å²) in [5.74, 6) is -0.163. The standard InChI is InChI=1S/C18H11FSSe2/c19-13-6-8-14(9-7-13)21-17-15-10-11-20-18(15)22-16(17)12-4-2-1-3-5-12/h1-11H. The summed E-state index contributed by atoms with van der Waals surface area (Å²) in [6, 6.07) is 19.9. The molecule has 0 fully saturated rings. The van der Waals surface area contributed by atoms with E-state index in [1.54, 1.807) is 12.1 Å². The van der Waals surface area contributed by atoms with Crippen molar-refractivity contribution in [2.24, 2.45) is 0 Å². The fourth-order valence-corrected chi connectivity index (χ4v) is 9.48. The van der Waals surface area contributed by atoms with Gasteiger partial charge < -0.3 is 0 Å². The molecule has 0 amide bonds. The monoisotopic (exact) mass is 438 g/mol. The SMILES string of the molecule is Fc1ccc([Se]c2c(-c3ccccc3)[se]c3sccc23)cc1. The average molecular weight is 436 g/mol. The zero-order valence-corrected chi connectivity index (χ0v) is 15.7. The van der Waals surface area contributed by atoms with Gasteiger partial charge in [-0.15, -0.1) is 0 Å². The number of thiophene rings is 1. The molecule has 0 aliphatic heterocycles. The Labute approximate surface area is 144 Å². The predicted molar refractivity (Wildman–Crippen MR) is 95.6 cm³/mol. The Balaban J connectivity index is 1.84. The van der Waals surface area contributed by atoms with Crippen LogP contribution in [-0.2, 0) is 0 Å². The van der Waals surface area contributed by atoms with Crippen LogP contribution >= 0.6 is 11.3 Å². The molecule has 0 saturated carbocycles. The van der Waals surface area contributed by atoms with Crippen LogP contribution in [0.25, 0.3) is 19.0 Å². The van der Waals surface area contributed by atoms with Gasteiger partial charge in [0.15, 0.2) is 0 Å². The van der Waals surface area contributed by atoms with Gasteiger partial charge >= 0.3 is 145 Å². The second-order valence-electron chi connectivity index (χ2n) is 4.80. The number of rotatable bonds is 3. The Morgan fingerprint density at radius 3 is 2.45 bits per heavy atom. The fraction of sp³-hybridized carbons (Fsp3) is 0. The Morgan fingerprint density at radius 1 is 0.909 bits per heavy atom. The van der Waals surface area contributed by atoms with E-state index >= 15 is 0 Å². The summed E-state index contributed by atoms with van der Waals surface area (Å²) in [5, 5.41) is 3.61. The molecule has 0 aliphatic carbocycles. The van der Waals surface area contributed by atoms with Crippen molar-refractivity contribution in [3.8, 4) is 10.0 Å². The molecule has 2 aromatic heterocycles. The van der Waals surface area contributed by atoms with Crippen LogP contribution in [0.2, 0.25) is 0 Å². The zero-order valence-electron chi connectivity index (χ0n) is 11.5. The first-order valence-corrected chi connectivity index (χ1v) is 11.1. The molecule has 2 heterocycles. The van der Waals surface area contributed by atoms with Crippen LogP contribution in [0.4, 0.5) is 4.39 Å². The second-order valence-corrected chi connectivity index (χ2v) is 10.7. The number of fused-ring (bicyclic) bond motifs is 1. The topological polar surface area (TPSA) is 0 Å². The molecule has 108 valence electrons. The molecule has 4 aromatic rings. The molecule has 22 heavy (non-hydrogen) atoms. The van der Waals surface area contributed by atoms with Gasteiger partial charge in [0.05, 0.1) is 0 Å². The van der Waals surface area contributed by atoms with Gasteiger partial charge in [0.1, 0.15) is 0 Å². The summed E-state index contributed by atoms with van der Waals surface area (Å²) >= 11 is 2.47. The minimum atomic E-state index is -0.163. The van der Waals surface area contributed by atoms with E-state index in [4.69, 9.17) is 0 Å². The number of hydrogen-bond acceptors (Lipinski definition) is 1. The summed E-state index contributed by atoms with van der Waals surface area (Å²) in [7, 11) is 0. The van der Waals surface area contributed by atoms with Gasteiger partial charge in [-0.1, -0.05) is 0 Å². The number of hydrogen-bond donors (Lipinski definition) is 0. The first kappa shape index (κ1) is 14.4. The quantitative estimate of drug-likeness (QED) is 0.432. The molecule has 0 nitrogen and oxygen atoms in total. The van der Waals surface area contributed by atoms with E-state index in [-0.39, 0.29) is 20.8 Å². The van der Waals surface area contributed by atoms with Crippen molar-refractivity contribution >= 4 is 58.7 Å². The third-order valence-electron chi connectivity index (χ3n) is 3.34. The summed E-state index contributed by atoms with van der Waals surface area (Å²) in [6.45, 7) is 0. The molecule has 0 unspecified atom stereocenters. The minimum absolute atomic E-state index is 0.163. The first-order valence-electron chi connectivity index (χ1n) is 6.80. The molecule has 4 heteroatoms. The van der Waals surface area contributed by atoms with Gasteiger partial charge in [-0.05, 0) is 0 Å². The van der Waals surface area contributed by atoms with Gasteiger partial charge in [0, 0.05) is 0 Å². The molecular formula is C18H11FSSe2. The van der Waals surface area contributed by atoms with Gasteiger partial charge in [-0.2, -0.15) is 0 Å². The van der Waals surface area contributed by atoms with Crippen LogP contribution in [0.5, 0.6) is 0 Å². The van der Waals surface area contributed by atoms with Crippen LogP contribution in [0.3, 0.4) is 0 Å². The van der Waals surface area contributed by atoms with Gasteiger partial charge in [0.2, 0.25) is 0 Å². The molecule has 0 aliphatic rings. The molecule has 2 aromatic carbocycles. The van der Waals surface area contributed by atoms with Gasteiger partial charge in [0.25, 0.3) is 0 Å². The van der Waals surface area contributed by atoms with Crippen LogP contribution < -0.4 is 8.92 Å². The summed E-state index contributed by atoms with van der Waals surface area (Å²) in [6.07, 6.45) is 0. The Kier molecular flexibility index (Phi) is 4.04. The average Bonchev–Trinajstić information content (AvgIpc) is 3.13. The summed E-state index contributed by atoms with van der Waals surface area (Å²) in [5.41, 5.74) is 1.34. The number of benzene rings is 2. The maximum atomic E-state index is 13.1. The molecule has 0 N–H and O–H groups in total. The second kappa shape index (κ2) is 6.15. The fourth-order valence-electron chi connectivity index (χ4n) is 2.31. The first-order chi connectivity index (χ1) is 10.8. The molecule has 0 radical (unpaired) electrons. The molecule has 0 spiro atoms. The van der Waals surface area contributed by atoms with Crippen LogP contribution in [-0.4, -0.2) is 29.5 Å². The van der Waals surface area contributed by atoms with E-state index in [0.29, 0.717) is 14.5 Å². The van der Waals surface area contributed by atoms with E-state index in [9.17, 15) is 4.39 Å². The van der Waals surface area contributed by atoms with Crippen LogP contribution in [0.15, 0.2) is 66.0 Å². The Hall–Kier alpha value is -1.15. The summed E-state index contributed by atoms with van der Waals surface area (Å²) in [4.78, 5) is 0. The van der Waals surface area contributed by atoms with E-state index < -0.39 is 0 Å². The van der Waals surface area contributed by atoms with Crippen molar-refractivity contribution in [1.29, 1.82) is 0 Å². The molecule has 0 atom stereocenters. The number of halogens is 1. The van der Waals surface area contributed by atoms with Crippen molar-refractivity contribution in [2.45, 2.75) is 0 Å². The molecule has 0 saturated heterocycles. The summed E-state index contributed by atoms with van der Waals surface area (Å²) < 4.78 is 18.9. The molecular weight excluding hydrogens is 425 g/mol. The predicted octanol–water partition coefficient (Wildman–Crippen LogP) is 3.42. The van der Waals surface area contributed by atoms with Crippen molar-refractivity contribution in [2.75, 3.05) is 0 Å². The third kappa shape index (κ3) is 2.74. The Bertz CT molecular complexity index is 907. The third-order valence-corrected chi connectivity index (χ3v) is 10.3. The molecule has 0 bridgehead atoms. The van der Waals surface area contributed by atoms with Crippen molar-refractivity contribution in [3.05, 3.63) is 71.9 Å². The normalized spacial score (nSPS) is 11.1. The van der Waals surface area contributed by atoms with E-state index in [2.05, 4.69) is 41.8 Å². The molecule has 4 rings (SSSR count). The van der Waals surface area contributed by atoms with E-state index in [0.717, 1.165) is 0 Å². The van der Waals surface area contributed by atoms with Crippen molar-refractivity contribution in [1.82, 2.24) is 0 Å². The van der Waals surface area contributed by atoms with Gasteiger partial charge in [-0.3, -0.25) is 0 Å².